The average molecular weight is 301 g/mol. The monoisotopic (exact) mass is 300 g/mol. The van der Waals surface area contributed by atoms with E-state index in [1.807, 2.05) is 13.8 Å². The van der Waals surface area contributed by atoms with Crippen molar-refractivity contribution in [3.8, 4) is 0 Å². The number of halogens is 1. The third-order valence-electron chi connectivity index (χ3n) is 3.01. The predicted molar refractivity (Wildman–Crippen MR) is 76.3 cm³/mol. The number of ether oxygens (including phenoxy) is 1. The molecule has 1 aliphatic rings. The van der Waals surface area contributed by atoms with Crippen LogP contribution in [-0.2, 0) is 4.74 Å². The normalized spacial score (nSPS) is 22.0. The van der Waals surface area contributed by atoms with Crippen LogP contribution in [0.15, 0.2) is 24.3 Å². The van der Waals surface area contributed by atoms with Crippen molar-refractivity contribution in [1.82, 2.24) is 4.90 Å². The Morgan fingerprint density at radius 3 is 2.50 bits per heavy atom. The molecule has 1 saturated heterocycles. The number of nitrogens with zero attached hydrogens (tertiary/aromatic N) is 2. The Hall–Kier alpha value is -1.66. The average Bonchev–Trinajstić information content (AvgIpc) is 2.37. The van der Waals surface area contributed by atoms with E-state index in [9.17, 15) is 14.9 Å². The van der Waals surface area contributed by atoms with Crippen molar-refractivity contribution in [1.29, 1.82) is 0 Å². The fourth-order valence-electron chi connectivity index (χ4n) is 2.28. The zero-order valence-electron chi connectivity index (χ0n) is 11.3. The summed E-state index contributed by atoms with van der Waals surface area (Å²) < 4.78 is 5.56. The first-order valence-corrected chi connectivity index (χ1v) is 6.16. The molecule has 1 aliphatic heterocycles. The summed E-state index contributed by atoms with van der Waals surface area (Å²) in [5.41, 5.74) is 0.274. The van der Waals surface area contributed by atoms with Crippen LogP contribution in [0, 0.1) is 10.1 Å². The highest BCUT2D eigenvalue weighted by Gasteiger charge is 2.27. The highest BCUT2D eigenvalue weighted by atomic mass is 35.5. The van der Waals surface area contributed by atoms with Crippen molar-refractivity contribution < 1.29 is 14.5 Å². The smallest absolute Gasteiger partial charge is 0.270 e. The zero-order valence-corrected chi connectivity index (χ0v) is 12.1. The quantitative estimate of drug-likeness (QED) is 0.620. The first-order chi connectivity index (χ1) is 8.97. The molecule has 2 atom stereocenters. The standard InChI is InChI=1S/C13H16N2O4.ClH/c1-9-7-14(8-10(2)19-9)13(16)11-4-3-5-12(6-11)15(17)18;/h3-6,9-10H,7-8H2,1-2H3;1H/t9-,10+;. The van der Waals surface area contributed by atoms with Crippen molar-refractivity contribution >= 4 is 24.0 Å². The van der Waals surface area contributed by atoms with Gasteiger partial charge in [0.05, 0.1) is 17.1 Å². The molecular weight excluding hydrogens is 284 g/mol. The van der Waals surface area contributed by atoms with Crippen LogP contribution in [0.5, 0.6) is 0 Å². The molecule has 0 saturated carbocycles. The van der Waals surface area contributed by atoms with Gasteiger partial charge in [-0.3, -0.25) is 14.9 Å². The maximum absolute atomic E-state index is 12.3. The molecule has 0 unspecified atom stereocenters. The summed E-state index contributed by atoms with van der Waals surface area (Å²) >= 11 is 0. The van der Waals surface area contributed by atoms with E-state index in [2.05, 4.69) is 0 Å². The molecule has 0 spiro atoms. The highest BCUT2D eigenvalue weighted by Crippen LogP contribution is 2.18. The van der Waals surface area contributed by atoms with Gasteiger partial charge in [0.2, 0.25) is 0 Å². The Labute approximate surface area is 123 Å². The molecule has 20 heavy (non-hydrogen) atoms. The van der Waals surface area contributed by atoms with Gasteiger partial charge in [-0.05, 0) is 19.9 Å². The van der Waals surface area contributed by atoms with Gasteiger partial charge in [-0.2, -0.15) is 0 Å². The molecule has 1 aromatic rings. The molecule has 6 nitrogen and oxygen atoms in total. The van der Waals surface area contributed by atoms with E-state index in [1.165, 1.54) is 18.2 Å². The molecule has 0 bridgehead atoms. The number of nitro groups is 1. The Morgan fingerprint density at radius 1 is 1.35 bits per heavy atom. The van der Waals surface area contributed by atoms with Crippen molar-refractivity contribution in [2.75, 3.05) is 13.1 Å². The third-order valence-corrected chi connectivity index (χ3v) is 3.01. The lowest BCUT2D eigenvalue weighted by atomic mass is 10.1. The number of non-ortho nitro benzene ring substituents is 1. The minimum atomic E-state index is -0.499. The summed E-state index contributed by atoms with van der Waals surface area (Å²) in [5, 5.41) is 10.7. The van der Waals surface area contributed by atoms with Crippen molar-refractivity contribution in [2.45, 2.75) is 26.1 Å². The molecule has 0 aliphatic carbocycles. The molecule has 110 valence electrons. The SMILES string of the molecule is C[C@@H]1CN(C(=O)c2cccc([N+](=O)[O-])c2)C[C@H](C)O1.Cl. The number of benzene rings is 1. The lowest BCUT2D eigenvalue weighted by molar-refractivity contribution is -0.384. The van der Waals surface area contributed by atoms with Gasteiger partial charge in [0.1, 0.15) is 0 Å². The molecule has 7 heteroatoms. The molecule has 1 amide bonds. The van der Waals surface area contributed by atoms with Gasteiger partial charge in [-0.1, -0.05) is 6.07 Å². The van der Waals surface area contributed by atoms with Crippen LogP contribution < -0.4 is 0 Å². The number of nitro benzene ring substituents is 1. The van der Waals surface area contributed by atoms with Crippen molar-refractivity contribution in [2.24, 2.45) is 0 Å². The van der Waals surface area contributed by atoms with Gasteiger partial charge in [0, 0.05) is 30.8 Å². The largest absolute Gasteiger partial charge is 0.372 e. The minimum absolute atomic E-state index is 0. The van der Waals surface area contributed by atoms with Crippen LogP contribution in [0.2, 0.25) is 0 Å². The van der Waals surface area contributed by atoms with E-state index in [0.717, 1.165) is 0 Å². The number of carbonyl (C=O) groups excluding carboxylic acids is 1. The van der Waals surface area contributed by atoms with Crippen LogP contribution >= 0.6 is 12.4 Å². The Balaban J connectivity index is 0.00000200. The van der Waals surface area contributed by atoms with E-state index >= 15 is 0 Å². The maximum atomic E-state index is 12.3. The van der Waals surface area contributed by atoms with E-state index in [0.29, 0.717) is 18.7 Å². The van der Waals surface area contributed by atoms with Gasteiger partial charge in [0.15, 0.2) is 0 Å². The fraction of sp³-hybridized carbons (Fsp3) is 0.462. The molecule has 0 N–H and O–H groups in total. The summed E-state index contributed by atoms with van der Waals surface area (Å²) in [5.74, 6) is -0.189. The zero-order chi connectivity index (χ0) is 14.0. The van der Waals surface area contributed by atoms with Crippen molar-refractivity contribution in [3.63, 3.8) is 0 Å². The van der Waals surface area contributed by atoms with Crippen LogP contribution in [0.25, 0.3) is 0 Å². The fourth-order valence-corrected chi connectivity index (χ4v) is 2.28. The molecule has 0 radical (unpaired) electrons. The summed E-state index contributed by atoms with van der Waals surface area (Å²) in [7, 11) is 0. The molecule has 1 fully saturated rings. The van der Waals surface area contributed by atoms with Crippen molar-refractivity contribution in [3.05, 3.63) is 39.9 Å². The second kappa shape index (κ2) is 6.67. The highest BCUT2D eigenvalue weighted by molar-refractivity contribution is 5.95. The van der Waals surface area contributed by atoms with Gasteiger partial charge in [0.25, 0.3) is 11.6 Å². The molecule has 0 aromatic heterocycles. The van der Waals surface area contributed by atoms with E-state index in [-0.39, 0.29) is 36.2 Å². The van der Waals surface area contributed by atoms with Crippen LogP contribution in [0.3, 0.4) is 0 Å². The topological polar surface area (TPSA) is 72.7 Å². The Kier molecular flexibility index (Phi) is 5.47. The second-order valence-electron chi connectivity index (χ2n) is 4.77. The van der Waals surface area contributed by atoms with Gasteiger partial charge < -0.3 is 9.64 Å². The van der Waals surface area contributed by atoms with Crippen LogP contribution in [0.1, 0.15) is 24.2 Å². The lowest BCUT2D eigenvalue weighted by Gasteiger charge is -2.35. The van der Waals surface area contributed by atoms with Crippen LogP contribution in [0.4, 0.5) is 5.69 Å². The molecule has 1 heterocycles. The Morgan fingerprint density at radius 2 is 1.95 bits per heavy atom. The number of carbonyl (C=O) groups is 1. The molecular formula is C13H17ClN2O4. The minimum Gasteiger partial charge on any atom is -0.372 e. The van der Waals surface area contributed by atoms with Gasteiger partial charge in [-0.25, -0.2) is 0 Å². The van der Waals surface area contributed by atoms with Gasteiger partial charge >= 0.3 is 0 Å². The summed E-state index contributed by atoms with van der Waals surface area (Å²) in [6.07, 6.45) is -0.0437. The number of rotatable bonds is 2. The summed E-state index contributed by atoms with van der Waals surface area (Å²) in [6.45, 7) is 4.82. The number of hydrogen-bond donors (Lipinski definition) is 0. The number of amides is 1. The first-order valence-electron chi connectivity index (χ1n) is 6.16. The molecule has 1 aromatic carbocycles. The van der Waals surface area contributed by atoms with E-state index < -0.39 is 4.92 Å². The number of hydrogen-bond acceptors (Lipinski definition) is 4. The summed E-state index contributed by atoms with van der Waals surface area (Å²) in [6, 6.07) is 5.81. The lowest BCUT2D eigenvalue weighted by Crippen LogP contribution is -2.48. The van der Waals surface area contributed by atoms with Crippen LogP contribution in [-0.4, -0.2) is 41.0 Å². The summed E-state index contributed by atoms with van der Waals surface area (Å²) in [4.78, 5) is 24.2. The number of morpholine rings is 1. The van der Waals surface area contributed by atoms with E-state index in [1.54, 1.807) is 11.0 Å². The van der Waals surface area contributed by atoms with E-state index in [4.69, 9.17) is 4.74 Å². The predicted octanol–water partition coefficient (Wildman–Crippen LogP) is 2.27. The second-order valence-corrected chi connectivity index (χ2v) is 4.77. The Bertz CT molecular complexity index is 499. The third kappa shape index (κ3) is 3.68. The maximum Gasteiger partial charge on any atom is 0.270 e. The van der Waals surface area contributed by atoms with Gasteiger partial charge in [-0.15, -0.1) is 12.4 Å². The molecule has 2 rings (SSSR count). The first kappa shape index (κ1) is 16.4.